The molecule has 1 heterocycles. The average Bonchev–Trinajstić information content (AvgIpc) is 2.52. The first-order valence-electron chi connectivity index (χ1n) is 7.38. The second-order valence-corrected chi connectivity index (χ2v) is 5.46. The van der Waals surface area contributed by atoms with Gasteiger partial charge in [-0.05, 0) is 43.9 Å². The number of carbonyl (C=O) groups excluding carboxylic acids is 1. The van der Waals surface area contributed by atoms with E-state index in [9.17, 15) is 9.90 Å². The van der Waals surface area contributed by atoms with Gasteiger partial charge in [-0.1, -0.05) is 17.9 Å². The number of aliphatic hydroxyl groups excluding tert-OH is 1. The number of rotatable bonds is 2. The zero-order chi connectivity index (χ0) is 15.2. The molecule has 1 amide bonds. The molecule has 4 nitrogen and oxygen atoms in total. The molecule has 1 aromatic rings. The summed E-state index contributed by atoms with van der Waals surface area (Å²) in [6, 6.07) is 7.35. The number of benzene rings is 1. The van der Waals surface area contributed by atoms with Crippen LogP contribution in [-0.2, 0) is 0 Å². The molecule has 3 N–H and O–H groups in total. The zero-order valence-corrected chi connectivity index (χ0v) is 12.4. The number of aliphatic hydroxyl groups is 1. The van der Waals surface area contributed by atoms with Crippen molar-refractivity contribution in [2.75, 3.05) is 19.6 Å². The zero-order valence-electron chi connectivity index (χ0n) is 12.4. The van der Waals surface area contributed by atoms with E-state index in [0.717, 1.165) is 18.4 Å². The minimum Gasteiger partial charge on any atom is -0.393 e. The quantitative estimate of drug-likeness (QED) is 0.804. The Hall–Kier alpha value is -1.83. The van der Waals surface area contributed by atoms with Crippen LogP contribution in [0.25, 0.3) is 0 Å². The summed E-state index contributed by atoms with van der Waals surface area (Å²) in [6.07, 6.45) is 1.42. The summed E-state index contributed by atoms with van der Waals surface area (Å²) in [4.78, 5) is 14.3. The second-order valence-electron chi connectivity index (χ2n) is 5.46. The molecule has 1 atom stereocenters. The fourth-order valence-electron chi connectivity index (χ4n) is 2.65. The Bertz CT molecular complexity index is 549. The molecule has 0 saturated carbocycles. The maximum absolute atomic E-state index is 12.5. The normalized spacial score (nSPS) is 17.0. The van der Waals surface area contributed by atoms with Crippen molar-refractivity contribution >= 4 is 5.91 Å². The first-order valence-corrected chi connectivity index (χ1v) is 7.38. The van der Waals surface area contributed by atoms with Gasteiger partial charge >= 0.3 is 0 Å². The van der Waals surface area contributed by atoms with Crippen molar-refractivity contribution in [3.05, 3.63) is 35.4 Å². The van der Waals surface area contributed by atoms with E-state index in [1.54, 1.807) is 0 Å². The van der Waals surface area contributed by atoms with Crippen LogP contribution in [0.5, 0.6) is 0 Å². The lowest BCUT2D eigenvalue weighted by Gasteiger charge is -2.33. The highest BCUT2D eigenvalue weighted by Crippen LogP contribution is 2.22. The van der Waals surface area contributed by atoms with Crippen LogP contribution in [0.15, 0.2) is 24.3 Å². The maximum Gasteiger partial charge on any atom is 0.253 e. The smallest absolute Gasteiger partial charge is 0.253 e. The van der Waals surface area contributed by atoms with E-state index in [1.165, 1.54) is 0 Å². The molecule has 4 heteroatoms. The van der Waals surface area contributed by atoms with E-state index in [-0.39, 0.29) is 12.0 Å². The minimum absolute atomic E-state index is 0.0374. The van der Waals surface area contributed by atoms with Gasteiger partial charge in [-0.2, -0.15) is 0 Å². The number of hydrogen-bond acceptors (Lipinski definition) is 3. The summed E-state index contributed by atoms with van der Waals surface area (Å²) in [5.41, 5.74) is 6.83. The van der Waals surface area contributed by atoms with Crippen molar-refractivity contribution in [2.24, 2.45) is 11.7 Å². The van der Waals surface area contributed by atoms with Gasteiger partial charge in [0.1, 0.15) is 0 Å². The Labute approximate surface area is 125 Å². The number of hydrogen-bond donors (Lipinski definition) is 2. The van der Waals surface area contributed by atoms with E-state index in [1.807, 2.05) is 36.1 Å². The number of carbonyl (C=O) groups is 1. The summed E-state index contributed by atoms with van der Waals surface area (Å²) < 4.78 is 0. The highest BCUT2D eigenvalue weighted by Gasteiger charge is 2.25. The first-order chi connectivity index (χ1) is 10.1. The number of nitrogens with zero attached hydrogens (tertiary/aromatic N) is 1. The molecule has 112 valence electrons. The fraction of sp³-hybridized carbons (Fsp3) is 0.471. The maximum atomic E-state index is 12.5. The van der Waals surface area contributed by atoms with E-state index in [4.69, 9.17) is 5.73 Å². The van der Waals surface area contributed by atoms with Crippen molar-refractivity contribution < 1.29 is 9.90 Å². The lowest BCUT2D eigenvalue weighted by molar-refractivity contribution is 0.0521. The summed E-state index contributed by atoms with van der Waals surface area (Å²) in [5.74, 6) is 6.08. The van der Waals surface area contributed by atoms with Crippen LogP contribution in [0.3, 0.4) is 0 Å². The Morgan fingerprint density at radius 3 is 2.81 bits per heavy atom. The Balaban J connectivity index is 2.04. The molecule has 2 rings (SSSR count). The minimum atomic E-state index is -0.294. The molecule has 0 radical (unpaired) electrons. The van der Waals surface area contributed by atoms with Gasteiger partial charge in [0, 0.05) is 24.2 Å². The predicted octanol–water partition coefficient (Wildman–Crippen LogP) is 1.23. The molecular formula is C17H22N2O2. The van der Waals surface area contributed by atoms with Gasteiger partial charge in [0.2, 0.25) is 0 Å². The molecule has 0 spiro atoms. The van der Waals surface area contributed by atoms with Crippen LogP contribution in [0.1, 0.15) is 35.7 Å². The Morgan fingerprint density at radius 2 is 2.19 bits per heavy atom. The summed E-state index contributed by atoms with van der Waals surface area (Å²) in [6.45, 7) is 3.53. The van der Waals surface area contributed by atoms with Crippen molar-refractivity contribution in [1.29, 1.82) is 0 Å². The van der Waals surface area contributed by atoms with Gasteiger partial charge < -0.3 is 15.7 Å². The summed E-state index contributed by atoms with van der Waals surface area (Å²) in [7, 11) is 0. The average molecular weight is 286 g/mol. The van der Waals surface area contributed by atoms with E-state index in [0.29, 0.717) is 31.1 Å². The molecule has 1 aliphatic rings. The van der Waals surface area contributed by atoms with E-state index >= 15 is 0 Å². The lowest BCUT2D eigenvalue weighted by Crippen LogP contribution is -2.40. The van der Waals surface area contributed by atoms with Gasteiger partial charge in [0.15, 0.2) is 0 Å². The van der Waals surface area contributed by atoms with E-state index < -0.39 is 0 Å². The molecule has 21 heavy (non-hydrogen) atoms. The van der Waals surface area contributed by atoms with Crippen LogP contribution >= 0.6 is 0 Å². The van der Waals surface area contributed by atoms with Gasteiger partial charge in [0.25, 0.3) is 5.91 Å². The standard InChI is InChI=1S/C17H22N2O2/c1-13(20)15-7-10-19(11-8-15)17(21)16-6-2-4-14(12-16)5-3-9-18/h2,4,6,12-13,15,20H,7-11,18H2,1H3. The van der Waals surface area contributed by atoms with Gasteiger partial charge in [-0.3, -0.25) is 4.79 Å². The fourth-order valence-corrected chi connectivity index (χ4v) is 2.65. The Kier molecular flexibility index (Phi) is 5.38. The second kappa shape index (κ2) is 7.26. The van der Waals surface area contributed by atoms with Gasteiger partial charge in [0.05, 0.1) is 12.6 Å². The third-order valence-corrected chi connectivity index (χ3v) is 3.95. The number of amides is 1. The number of likely N-dealkylation sites (tertiary alicyclic amines) is 1. The van der Waals surface area contributed by atoms with Crippen molar-refractivity contribution in [3.63, 3.8) is 0 Å². The number of nitrogens with two attached hydrogens (primary N) is 1. The lowest BCUT2D eigenvalue weighted by atomic mass is 9.92. The molecule has 0 aromatic heterocycles. The molecule has 1 saturated heterocycles. The van der Waals surface area contributed by atoms with Gasteiger partial charge in [-0.15, -0.1) is 0 Å². The van der Waals surface area contributed by atoms with E-state index in [2.05, 4.69) is 11.8 Å². The molecule has 1 aliphatic heterocycles. The SMILES string of the molecule is CC(O)C1CCN(C(=O)c2cccc(C#CCN)c2)CC1. The van der Waals surface area contributed by atoms with Crippen LogP contribution in [0.4, 0.5) is 0 Å². The molecule has 0 aliphatic carbocycles. The van der Waals surface area contributed by atoms with Crippen molar-refractivity contribution in [3.8, 4) is 11.8 Å². The highest BCUT2D eigenvalue weighted by atomic mass is 16.3. The molecule has 1 unspecified atom stereocenters. The summed E-state index contributed by atoms with van der Waals surface area (Å²) >= 11 is 0. The summed E-state index contributed by atoms with van der Waals surface area (Å²) in [5, 5.41) is 9.61. The third-order valence-electron chi connectivity index (χ3n) is 3.95. The Morgan fingerprint density at radius 1 is 1.48 bits per heavy atom. The monoisotopic (exact) mass is 286 g/mol. The number of piperidine rings is 1. The van der Waals surface area contributed by atoms with Crippen LogP contribution in [0, 0.1) is 17.8 Å². The van der Waals surface area contributed by atoms with Crippen LogP contribution in [0.2, 0.25) is 0 Å². The van der Waals surface area contributed by atoms with Crippen molar-refractivity contribution in [2.45, 2.75) is 25.9 Å². The molecule has 1 aromatic carbocycles. The van der Waals surface area contributed by atoms with Crippen molar-refractivity contribution in [1.82, 2.24) is 4.90 Å². The van der Waals surface area contributed by atoms with Crippen LogP contribution in [-0.4, -0.2) is 41.7 Å². The first kappa shape index (κ1) is 15.6. The topological polar surface area (TPSA) is 66.6 Å². The largest absolute Gasteiger partial charge is 0.393 e. The third kappa shape index (κ3) is 4.07. The van der Waals surface area contributed by atoms with Crippen LogP contribution < -0.4 is 5.73 Å². The predicted molar refractivity (Wildman–Crippen MR) is 82.7 cm³/mol. The highest BCUT2D eigenvalue weighted by molar-refractivity contribution is 5.94. The molecule has 0 bridgehead atoms. The van der Waals surface area contributed by atoms with Gasteiger partial charge in [-0.25, -0.2) is 0 Å². The molecular weight excluding hydrogens is 264 g/mol. The molecule has 1 fully saturated rings.